The Morgan fingerprint density at radius 3 is 2.62 bits per heavy atom. The Balaban J connectivity index is 1.69. The van der Waals surface area contributed by atoms with E-state index in [1.54, 1.807) is 6.92 Å². The average Bonchev–Trinajstić information content (AvgIpc) is 2.60. The molecule has 0 fully saturated rings. The molecule has 0 saturated heterocycles. The van der Waals surface area contributed by atoms with Crippen molar-refractivity contribution in [3.05, 3.63) is 58.1 Å². The van der Waals surface area contributed by atoms with Crippen molar-refractivity contribution >= 4 is 0 Å². The number of rotatable bonds is 6. The first-order valence-corrected chi connectivity index (χ1v) is 8.76. The summed E-state index contributed by atoms with van der Waals surface area (Å²) in [5.74, 6) is 0.693. The zero-order valence-electron chi connectivity index (χ0n) is 15.7. The van der Waals surface area contributed by atoms with Gasteiger partial charge >= 0.3 is 0 Å². The maximum Gasteiger partial charge on any atom is 0.232 e. The summed E-state index contributed by atoms with van der Waals surface area (Å²) in [6.45, 7) is 9.16. The molecule has 1 aromatic heterocycles. The van der Waals surface area contributed by atoms with Gasteiger partial charge in [0.05, 0.1) is 32.0 Å². The average molecular weight is 359 g/mol. The zero-order chi connectivity index (χ0) is 18.7. The van der Waals surface area contributed by atoms with Gasteiger partial charge < -0.3 is 24.2 Å². The zero-order valence-corrected chi connectivity index (χ0v) is 15.7. The van der Waals surface area contributed by atoms with Gasteiger partial charge in [0.1, 0.15) is 5.75 Å². The van der Waals surface area contributed by atoms with Gasteiger partial charge in [-0.15, -0.1) is 0 Å². The van der Waals surface area contributed by atoms with Gasteiger partial charge in [-0.3, -0.25) is 0 Å². The molecule has 3 rings (SSSR count). The molecule has 1 aliphatic heterocycles. The van der Waals surface area contributed by atoms with Gasteiger partial charge in [-0.2, -0.15) is 4.73 Å². The maximum atomic E-state index is 12.2. The Labute approximate surface area is 153 Å². The highest BCUT2D eigenvalue weighted by Crippen LogP contribution is 2.34. The van der Waals surface area contributed by atoms with Crippen LogP contribution in [-0.2, 0) is 29.3 Å². The van der Waals surface area contributed by atoms with Crippen LogP contribution in [0.3, 0.4) is 0 Å². The lowest BCUT2D eigenvalue weighted by Gasteiger charge is -2.33. The van der Waals surface area contributed by atoms with Crippen LogP contribution in [0.2, 0.25) is 0 Å². The van der Waals surface area contributed by atoms with E-state index < -0.39 is 5.79 Å². The van der Waals surface area contributed by atoms with Crippen LogP contribution in [0.5, 0.6) is 11.5 Å². The molecule has 6 heteroatoms. The summed E-state index contributed by atoms with van der Waals surface area (Å²) in [4.78, 5) is 0. The minimum absolute atomic E-state index is 0.311. The minimum atomic E-state index is -0.744. The van der Waals surface area contributed by atoms with Gasteiger partial charge in [0.2, 0.25) is 11.5 Å². The fourth-order valence-electron chi connectivity index (χ4n) is 2.85. The van der Waals surface area contributed by atoms with E-state index >= 15 is 0 Å². The Bertz CT molecular complexity index is 771. The summed E-state index contributed by atoms with van der Waals surface area (Å²) >= 11 is 0. The standard InChI is InChI=1S/C20H25NO5/c1-5-24-17-8-6-15(7-9-17)11-23-12-16-10-21(22)14(2)19-18(16)13-25-20(3,4)26-19/h6-10H,5,11-13H2,1-4H3. The van der Waals surface area contributed by atoms with Crippen LogP contribution in [0.25, 0.3) is 0 Å². The fraction of sp³-hybridized carbons (Fsp3) is 0.450. The fourth-order valence-corrected chi connectivity index (χ4v) is 2.85. The van der Waals surface area contributed by atoms with Crippen molar-refractivity contribution in [1.29, 1.82) is 0 Å². The van der Waals surface area contributed by atoms with E-state index in [-0.39, 0.29) is 0 Å². The highest BCUT2D eigenvalue weighted by Gasteiger charge is 2.33. The molecule has 0 saturated carbocycles. The van der Waals surface area contributed by atoms with Crippen molar-refractivity contribution in [2.75, 3.05) is 6.61 Å². The Morgan fingerprint density at radius 1 is 1.19 bits per heavy atom. The van der Waals surface area contributed by atoms with Crippen molar-refractivity contribution in [3.8, 4) is 11.5 Å². The molecular weight excluding hydrogens is 334 g/mol. The largest absolute Gasteiger partial charge is 0.618 e. The second kappa shape index (κ2) is 7.51. The number of benzene rings is 1. The van der Waals surface area contributed by atoms with E-state index in [1.807, 2.05) is 45.0 Å². The molecule has 0 radical (unpaired) electrons. The molecule has 0 spiro atoms. The Hall–Kier alpha value is -2.31. The quantitative estimate of drug-likeness (QED) is 0.584. The third kappa shape index (κ3) is 4.08. The van der Waals surface area contributed by atoms with Crippen molar-refractivity contribution in [2.45, 2.75) is 53.3 Å². The minimum Gasteiger partial charge on any atom is -0.618 e. The SMILES string of the molecule is CCOc1ccc(COCc2c[n+]([O-])c(C)c3c2COC(C)(C)O3)cc1. The molecule has 0 amide bonds. The molecule has 1 aromatic carbocycles. The van der Waals surface area contributed by atoms with Crippen LogP contribution in [0.1, 0.15) is 43.2 Å². The molecule has 2 heterocycles. The maximum absolute atomic E-state index is 12.2. The summed E-state index contributed by atoms with van der Waals surface area (Å²) in [5, 5.41) is 12.2. The smallest absolute Gasteiger partial charge is 0.232 e. The van der Waals surface area contributed by atoms with Crippen molar-refractivity contribution in [2.24, 2.45) is 0 Å². The number of hydrogen-bond donors (Lipinski definition) is 0. The molecule has 2 aromatic rings. The van der Waals surface area contributed by atoms with E-state index in [4.69, 9.17) is 18.9 Å². The van der Waals surface area contributed by atoms with Gasteiger partial charge in [-0.25, -0.2) is 0 Å². The van der Waals surface area contributed by atoms with E-state index in [0.29, 0.717) is 37.9 Å². The van der Waals surface area contributed by atoms with Crippen molar-refractivity contribution in [1.82, 2.24) is 0 Å². The molecule has 140 valence electrons. The highest BCUT2D eigenvalue weighted by atomic mass is 16.7. The van der Waals surface area contributed by atoms with E-state index in [1.165, 1.54) is 6.20 Å². The molecular formula is C20H25NO5. The van der Waals surface area contributed by atoms with Crippen molar-refractivity contribution < 1.29 is 23.7 Å². The van der Waals surface area contributed by atoms with Crippen LogP contribution in [-0.4, -0.2) is 12.4 Å². The van der Waals surface area contributed by atoms with Crippen LogP contribution in [0.4, 0.5) is 0 Å². The lowest BCUT2D eigenvalue weighted by atomic mass is 10.1. The molecule has 26 heavy (non-hydrogen) atoms. The third-order valence-corrected chi connectivity index (χ3v) is 4.27. The number of pyridine rings is 1. The topological polar surface area (TPSA) is 63.9 Å². The molecule has 0 bridgehead atoms. The monoisotopic (exact) mass is 359 g/mol. The summed E-state index contributed by atoms with van der Waals surface area (Å²) in [5.41, 5.74) is 3.23. The predicted molar refractivity (Wildman–Crippen MR) is 95.7 cm³/mol. The van der Waals surface area contributed by atoms with Gasteiger partial charge in [0.25, 0.3) is 0 Å². The predicted octanol–water partition coefficient (Wildman–Crippen LogP) is 3.39. The summed E-state index contributed by atoms with van der Waals surface area (Å²) < 4.78 is 23.7. The number of nitrogens with zero attached hydrogens (tertiary/aromatic N) is 1. The Morgan fingerprint density at radius 2 is 1.92 bits per heavy atom. The third-order valence-electron chi connectivity index (χ3n) is 4.27. The lowest BCUT2D eigenvalue weighted by molar-refractivity contribution is -0.613. The molecule has 0 N–H and O–H groups in total. The van der Waals surface area contributed by atoms with Crippen LogP contribution < -0.4 is 14.2 Å². The van der Waals surface area contributed by atoms with Crippen LogP contribution >= 0.6 is 0 Å². The number of fused-ring (bicyclic) bond motifs is 1. The van der Waals surface area contributed by atoms with Gasteiger partial charge in [0, 0.05) is 26.3 Å². The van der Waals surface area contributed by atoms with Gasteiger partial charge in [0.15, 0.2) is 11.9 Å². The highest BCUT2D eigenvalue weighted by molar-refractivity contribution is 5.40. The van der Waals surface area contributed by atoms with Crippen molar-refractivity contribution in [3.63, 3.8) is 0 Å². The first-order valence-electron chi connectivity index (χ1n) is 8.76. The number of ether oxygens (including phenoxy) is 4. The summed E-state index contributed by atoms with van der Waals surface area (Å²) in [7, 11) is 0. The molecule has 0 unspecified atom stereocenters. The molecule has 1 aliphatic rings. The summed E-state index contributed by atoms with van der Waals surface area (Å²) in [6, 6.07) is 7.78. The van der Waals surface area contributed by atoms with E-state index in [9.17, 15) is 5.21 Å². The van der Waals surface area contributed by atoms with Crippen LogP contribution in [0.15, 0.2) is 30.5 Å². The normalized spacial score (nSPS) is 15.2. The molecule has 6 nitrogen and oxygen atoms in total. The van der Waals surface area contributed by atoms with E-state index in [0.717, 1.165) is 27.2 Å². The van der Waals surface area contributed by atoms with Gasteiger partial charge in [-0.05, 0) is 24.6 Å². The second-order valence-corrected chi connectivity index (χ2v) is 6.73. The second-order valence-electron chi connectivity index (χ2n) is 6.73. The lowest BCUT2D eigenvalue weighted by Crippen LogP contribution is -2.40. The molecule has 0 atom stereocenters. The summed E-state index contributed by atoms with van der Waals surface area (Å²) in [6.07, 6.45) is 1.54. The van der Waals surface area contributed by atoms with Gasteiger partial charge in [-0.1, -0.05) is 12.1 Å². The van der Waals surface area contributed by atoms with Crippen LogP contribution in [0, 0.1) is 12.1 Å². The number of aromatic nitrogens is 1. The number of hydrogen-bond acceptors (Lipinski definition) is 5. The first kappa shape index (κ1) is 18.5. The van der Waals surface area contributed by atoms with E-state index in [2.05, 4.69) is 0 Å². The first-order chi connectivity index (χ1) is 12.4. The Kier molecular flexibility index (Phi) is 5.34. The molecule has 0 aliphatic carbocycles.